The molecule has 2 N–H and O–H groups in total. The molecule has 0 amide bonds. The Hall–Kier alpha value is -1.13. The largest absolute Gasteiger partial charge is 0.389 e. The number of ether oxygens (including phenoxy) is 1. The molecule has 0 aliphatic carbocycles. The van der Waals surface area contributed by atoms with E-state index in [2.05, 4.69) is 19.2 Å². The van der Waals surface area contributed by atoms with Crippen molar-refractivity contribution in [1.82, 2.24) is 0 Å². The predicted octanol–water partition coefficient (Wildman–Crippen LogP) is 2.58. The predicted molar refractivity (Wildman–Crippen MR) is 71.3 cm³/mol. The average molecular weight is 255 g/mol. The van der Waals surface area contributed by atoms with Crippen LogP contribution in [0.3, 0.4) is 0 Å². The molecule has 0 heterocycles. The zero-order valence-corrected chi connectivity index (χ0v) is 11.2. The molecule has 0 aromatic heterocycles. The van der Waals surface area contributed by atoms with E-state index in [1.807, 2.05) is 0 Å². The molecule has 18 heavy (non-hydrogen) atoms. The molecule has 0 aliphatic rings. The number of rotatable bonds is 7. The molecule has 1 rings (SSSR count). The van der Waals surface area contributed by atoms with Gasteiger partial charge in [0.25, 0.3) is 0 Å². The zero-order chi connectivity index (χ0) is 13.5. The second-order valence-corrected chi connectivity index (χ2v) is 4.93. The van der Waals surface area contributed by atoms with Gasteiger partial charge in [0.2, 0.25) is 0 Å². The van der Waals surface area contributed by atoms with Crippen LogP contribution < -0.4 is 5.32 Å². The maximum atomic E-state index is 13.3. The Morgan fingerprint density at radius 3 is 2.67 bits per heavy atom. The number of benzene rings is 1. The molecule has 1 aromatic carbocycles. The van der Waals surface area contributed by atoms with Gasteiger partial charge in [0, 0.05) is 18.8 Å². The van der Waals surface area contributed by atoms with E-state index >= 15 is 0 Å². The van der Waals surface area contributed by atoms with Gasteiger partial charge in [-0.25, -0.2) is 4.39 Å². The van der Waals surface area contributed by atoms with Gasteiger partial charge < -0.3 is 15.2 Å². The molecule has 0 radical (unpaired) electrons. The lowest BCUT2D eigenvalue weighted by atomic mass is 10.2. The summed E-state index contributed by atoms with van der Waals surface area (Å²) in [6.07, 6.45) is -0.590. The van der Waals surface area contributed by atoms with E-state index < -0.39 is 6.10 Å². The van der Waals surface area contributed by atoms with Crippen LogP contribution >= 0.6 is 0 Å². The highest BCUT2D eigenvalue weighted by Gasteiger charge is 2.06. The fraction of sp³-hybridized carbons (Fsp3) is 0.571. The number of aliphatic hydroxyl groups excluding tert-OH is 1. The van der Waals surface area contributed by atoms with E-state index in [9.17, 15) is 9.50 Å². The second-order valence-electron chi connectivity index (χ2n) is 4.93. The third kappa shape index (κ3) is 5.47. The molecule has 4 heteroatoms. The van der Waals surface area contributed by atoms with Crippen molar-refractivity contribution in [3.05, 3.63) is 29.6 Å². The Morgan fingerprint density at radius 2 is 2.06 bits per heavy atom. The lowest BCUT2D eigenvalue weighted by molar-refractivity contribution is 0.0318. The lowest BCUT2D eigenvalue weighted by Gasteiger charge is -2.14. The number of aliphatic hydroxyl groups is 1. The van der Waals surface area contributed by atoms with Crippen molar-refractivity contribution < 1.29 is 14.2 Å². The van der Waals surface area contributed by atoms with Gasteiger partial charge >= 0.3 is 0 Å². The standard InChI is InChI=1S/C14H22FNO2/c1-10(2)8-18-9-13(17)7-16-12-5-4-11(3)14(15)6-12/h4-6,10,13,16-17H,7-9H2,1-3H3. The molecule has 0 bridgehead atoms. The molecule has 1 atom stereocenters. The minimum atomic E-state index is -0.590. The second kappa shape index (κ2) is 7.34. The number of hydrogen-bond donors (Lipinski definition) is 2. The number of aryl methyl sites for hydroxylation is 1. The van der Waals surface area contributed by atoms with Crippen LogP contribution in [0.15, 0.2) is 18.2 Å². The Balaban J connectivity index is 2.29. The van der Waals surface area contributed by atoms with Crippen LogP contribution in [0.1, 0.15) is 19.4 Å². The van der Waals surface area contributed by atoms with Crippen LogP contribution in [-0.2, 0) is 4.74 Å². The average Bonchev–Trinajstić information content (AvgIpc) is 2.30. The normalized spacial score (nSPS) is 12.8. The van der Waals surface area contributed by atoms with Crippen LogP contribution in [0, 0.1) is 18.7 Å². The smallest absolute Gasteiger partial charge is 0.128 e. The summed E-state index contributed by atoms with van der Waals surface area (Å²) in [7, 11) is 0. The van der Waals surface area contributed by atoms with Gasteiger partial charge in [-0.2, -0.15) is 0 Å². The highest BCUT2D eigenvalue weighted by Crippen LogP contribution is 2.13. The van der Waals surface area contributed by atoms with E-state index in [1.54, 1.807) is 19.1 Å². The maximum Gasteiger partial charge on any atom is 0.128 e. The summed E-state index contributed by atoms with van der Waals surface area (Å²) in [5, 5.41) is 12.6. The first-order valence-electron chi connectivity index (χ1n) is 6.25. The third-order valence-electron chi connectivity index (χ3n) is 2.48. The van der Waals surface area contributed by atoms with Crippen molar-refractivity contribution in [2.45, 2.75) is 26.9 Å². The number of halogens is 1. The lowest BCUT2D eigenvalue weighted by Crippen LogP contribution is -2.25. The summed E-state index contributed by atoms with van der Waals surface area (Å²) >= 11 is 0. The Bertz CT molecular complexity index is 369. The number of anilines is 1. The highest BCUT2D eigenvalue weighted by atomic mass is 19.1. The van der Waals surface area contributed by atoms with E-state index in [-0.39, 0.29) is 5.82 Å². The number of nitrogens with one attached hydrogen (secondary N) is 1. The van der Waals surface area contributed by atoms with Crippen LogP contribution in [0.2, 0.25) is 0 Å². The maximum absolute atomic E-state index is 13.3. The molecule has 0 fully saturated rings. The first-order valence-corrected chi connectivity index (χ1v) is 6.25. The summed E-state index contributed by atoms with van der Waals surface area (Å²) in [5.41, 5.74) is 1.28. The third-order valence-corrected chi connectivity index (χ3v) is 2.48. The first kappa shape index (κ1) is 14.9. The fourth-order valence-corrected chi connectivity index (χ4v) is 1.44. The molecular weight excluding hydrogens is 233 g/mol. The summed E-state index contributed by atoms with van der Waals surface area (Å²) in [5.74, 6) is 0.210. The fourth-order valence-electron chi connectivity index (χ4n) is 1.44. The number of hydrogen-bond acceptors (Lipinski definition) is 3. The quantitative estimate of drug-likeness (QED) is 0.787. The summed E-state index contributed by atoms with van der Waals surface area (Å²) < 4.78 is 18.6. The Kier molecular flexibility index (Phi) is 6.09. The minimum absolute atomic E-state index is 0.245. The van der Waals surface area contributed by atoms with Crippen LogP contribution in [0.4, 0.5) is 10.1 Å². The van der Waals surface area contributed by atoms with Gasteiger partial charge in [-0.05, 0) is 30.5 Å². The molecule has 0 saturated carbocycles. The Morgan fingerprint density at radius 1 is 1.33 bits per heavy atom. The highest BCUT2D eigenvalue weighted by molar-refractivity contribution is 5.45. The van der Waals surface area contributed by atoms with Crippen molar-refractivity contribution in [2.24, 2.45) is 5.92 Å². The monoisotopic (exact) mass is 255 g/mol. The van der Waals surface area contributed by atoms with E-state index in [1.165, 1.54) is 6.07 Å². The van der Waals surface area contributed by atoms with Gasteiger partial charge in [0.1, 0.15) is 5.82 Å². The van der Waals surface area contributed by atoms with Crippen LogP contribution in [0.25, 0.3) is 0 Å². The Labute approximate surface area is 108 Å². The first-order chi connectivity index (χ1) is 8.49. The zero-order valence-electron chi connectivity index (χ0n) is 11.2. The molecule has 1 unspecified atom stereocenters. The van der Waals surface area contributed by atoms with Gasteiger partial charge in [0.15, 0.2) is 0 Å². The molecular formula is C14H22FNO2. The molecule has 102 valence electrons. The van der Waals surface area contributed by atoms with Gasteiger partial charge in [-0.3, -0.25) is 0 Å². The molecule has 0 spiro atoms. The summed E-state index contributed by atoms with van der Waals surface area (Å²) in [6.45, 7) is 7.10. The van der Waals surface area contributed by atoms with E-state index in [0.29, 0.717) is 36.9 Å². The van der Waals surface area contributed by atoms with Crippen LogP contribution in [-0.4, -0.2) is 31.0 Å². The van der Waals surface area contributed by atoms with E-state index in [0.717, 1.165) is 0 Å². The van der Waals surface area contributed by atoms with Crippen molar-refractivity contribution in [3.63, 3.8) is 0 Å². The van der Waals surface area contributed by atoms with Crippen LogP contribution in [0.5, 0.6) is 0 Å². The molecule has 1 aromatic rings. The van der Waals surface area contributed by atoms with Crippen molar-refractivity contribution in [1.29, 1.82) is 0 Å². The molecule has 3 nitrogen and oxygen atoms in total. The summed E-state index contributed by atoms with van der Waals surface area (Å²) in [4.78, 5) is 0. The van der Waals surface area contributed by atoms with Gasteiger partial charge in [-0.15, -0.1) is 0 Å². The minimum Gasteiger partial charge on any atom is -0.389 e. The molecule has 0 aliphatic heterocycles. The van der Waals surface area contributed by atoms with Crippen molar-refractivity contribution in [3.8, 4) is 0 Å². The van der Waals surface area contributed by atoms with Crippen molar-refractivity contribution in [2.75, 3.05) is 25.1 Å². The SMILES string of the molecule is Cc1ccc(NCC(O)COCC(C)C)cc1F. The van der Waals surface area contributed by atoms with Gasteiger partial charge in [0.05, 0.1) is 12.7 Å². The van der Waals surface area contributed by atoms with Gasteiger partial charge in [-0.1, -0.05) is 19.9 Å². The topological polar surface area (TPSA) is 41.5 Å². The van der Waals surface area contributed by atoms with E-state index in [4.69, 9.17) is 4.74 Å². The summed E-state index contributed by atoms with van der Waals surface area (Å²) in [6, 6.07) is 4.93. The molecule has 0 saturated heterocycles. The van der Waals surface area contributed by atoms with Crippen molar-refractivity contribution >= 4 is 5.69 Å².